The van der Waals surface area contributed by atoms with E-state index in [2.05, 4.69) is 16.7 Å². The van der Waals surface area contributed by atoms with Crippen LogP contribution in [0.2, 0.25) is 0 Å². The van der Waals surface area contributed by atoms with Crippen LogP contribution >= 0.6 is 11.3 Å². The maximum Gasteiger partial charge on any atom is 0.319 e. The number of anilines is 1. The summed E-state index contributed by atoms with van der Waals surface area (Å²) in [4.78, 5) is 13.2. The molecule has 0 bridgehead atoms. The Bertz CT molecular complexity index is 963. The first-order valence-electron chi connectivity index (χ1n) is 9.78. The third kappa shape index (κ3) is 4.09. The third-order valence-corrected chi connectivity index (χ3v) is 8.81. The molecule has 6 nitrogen and oxygen atoms in total. The first kappa shape index (κ1) is 19.4. The number of carbonyl (C=O) groups is 1. The number of urea groups is 1. The molecule has 1 aliphatic heterocycles. The average molecular weight is 420 g/mol. The molecule has 2 heterocycles. The van der Waals surface area contributed by atoms with Gasteiger partial charge < -0.3 is 10.6 Å². The van der Waals surface area contributed by atoms with Crippen LogP contribution in [-0.4, -0.2) is 31.8 Å². The van der Waals surface area contributed by atoms with Crippen LogP contribution in [0.15, 0.2) is 34.5 Å². The van der Waals surface area contributed by atoms with Crippen molar-refractivity contribution in [3.05, 3.63) is 46.3 Å². The number of thiophene rings is 1. The van der Waals surface area contributed by atoms with Crippen LogP contribution < -0.4 is 10.6 Å². The minimum Gasteiger partial charge on any atom is -0.333 e. The first-order chi connectivity index (χ1) is 13.5. The smallest absolute Gasteiger partial charge is 0.319 e. The normalized spacial score (nSPS) is 17.3. The number of rotatable bonds is 5. The lowest BCUT2D eigenvalue weighted by atomic mass is 9.90. The largest absolute Gasteiger partial charge is 0.333 e. The van der Waals surface area contributed by atoms with Crippen molar-refractivity contribution in [1.82, 2.24) is 9.62 Å². The minimum absolute atomic E-state index is 0.267. The fourth-order valence-corrected chi connectivity index (χ4v) is 6.85. The van der Waals surface area contributed by atoms with Crippen molar-refractivity contribution in [2.45, 2.75) is 49.3 Å². The predicted octanol–water partition coefficient (Wildman–Crippen LogP) is 3.73. The summed E-state index contributed by atoms with van der Waals surface area (Å²) in [5.74, 6) is 0. The Morgan fingerprint density at radius 2 is 1.82 bits per heavy atom. The molecular formula is C20H25N3O3S2. The van der Waals surface area contributed by atoms with Gasteiger partial charge >= 0.3 is 6.03 Å². The first-order valence-corrected chi connectivity index (χ1v) is 12.0. The molecule has 1 fully saturated rings. The van der Waals surface area contributed by atoms with Gasteiger partial charge in [-0.1, -0.05) is 12.1 Å². The maximum absolute atomic E-state index is 12.6. The zero-order valence-electron chi connectivity index (χ0n) is 15.7. The molecule has 2 amide bonds. The van der Waals surface area contributed by atoms with E-state index < -0.39 is 10.0 Å². The van der Waals surface area contributed by atoms with Gasteiger partial charge in [0.1, 0.15) is 4.21 Å². The van der Waals surface area contributed by atoms with E-state index in [0.717, 1.165) is 42.7 Å². The maximum atomic E-state index is 12.6. The van der Waals surface area contributed by atoms with Gasteiger partial charge in [0.2, 0.25) is 0 Å². The van der Waals surface area contributed by atoms with Crippen molar-refractivity contribution in [2.24, 2.45) is 0 Å². The molecule has 150 valence electrons. The number of hydrogen-bond donors (Lipinski definition) is 2. The summed E-state index contributed by atoms with van der Waals surface area (Å²) in [6.07, 6.45) is 6.25. The molecule has 0 unspecified atom stereocenters. The number of benzene rings is 1. The molecule has 1 aromatic carbocycles. The summed E-state index contributed by atoms with van der Waals surface area (Å²) in [5, 5.41) is 5.79. The van der Waals surface area contributed by atoms with Crippen molar-refractivity contribution in [2.75, 3.05) is 18.4 Å². The molecule has 0 atom stereocenters. The van der Waals surface area contributed by atoms with E-state index in [-0.39, 0.29) is 6.03 Å². The van der Waals surface area contributed by atoms with Crippen molar-refractivity contribution in [3.8, 4) is 0 Å². The van der Waals surface area contributed by atoms with E-state index >= 15 is 0 Å². The number of aryl methyl sites for hydroxylation is 1. The molecule has 0 spiro atoms. The highest BCUT2D eigenvalue weighted by Gasteiger charge is 2.28. The summed E-state index contributed by atoms with van der Waals surface area (Å²) in [5.41, 5.74) is 3.43. The topological polar surface area (TPSA) is 78.5 Å². The Labute approximate surface area is 170 Å². The zero-order valence-corrected chi connectivity index (χ0v) is 17.4. The SMILES string of the molecule is O=C(NCc1ccc(S(=O)(=O)N2CCCC2)s1)Nc1cccc2c1CCCC2. The fraction of sp³-hybridized carbons (Fsp3) is 0.450. The van der Waals surface area contributed by atoms with Gasteiger partial charge in [0.15, 0.2) is 0 Å². The van der Waals surface area contributed by atoms with Gasteiger partial charge in [0.25, 0.3) is 10.0 Å². The molecular weight excluding hydrogens is 394 g/mol. The quantitative estimate of drug-likeness (QED) is 0.775. The highest BCUT2D eigenvalue weighted by atomic mass is 32.2. The van der Waals surface area contributed by atoms with Gasteiger partial charge in [-0.15, -0.1) is 11.3 Å². The van der Waals surface area contributed by atoms with Crippen molar-refractivity contribution in [1.29, 1.82) is 0 Å². The van der Waals surface area contributed by atoms with Crippen LogP contribution in [0.4, 0.5) is 10.5 Å². The Balaban J connectivity index is 1.36. The molecule has 28 heavy (non-hydrogen) atoms. The number of hydrogen-bond acceptors (Lipinski definition) is 4. The van der Waals surface area contributed by atoms with Gasteiger partial charge in [0, 0.05) is 23.7 Å². The monoisotopic (exact) mass is 419 g/mol. The number of nitrogens with one attached hydrogen (secondary N) is 2. The molecule has 1 aliphatic carbocycles. The van der Waals surface area contributed by atoms with Crippen LogP contribution in [0.1, 0.15) is 41.7 Å². The van der Waals surface area contributed by atoms with E-state index in [1.807, 2.05) is 12.1 Å². The highest BCUT2D eigenvalue weighted by molar-refractivity contribution is 7.91. The molecule has 2 N–H and O–H groups in total. The second-order valence-electron chi connectivity index (χ2n) is 7.29. The van der Waals surface area contributed by atoms with Gasteiger partial charge in [-0.25, -0.2) is 13.2 Å². The summed E-state index contributed by atoms with van der Waals surface area (Å²) in [7, 11) is -3.39. The summed E-state index contributed by atoms with van der Waals surface area (Å²) in [6.45, 7) is 1.50. The van der Waals surface area contributed by atoms with Crippen molar-refractivity contribution >= 4 is 33.1 Å². The molecule has 0 radical (unpaired) electrons. The number of amides is 2. The number of nitrogens with zero attached hydrogens (tertiary/aromatic N) is 1. The summed E-state index contributed by atoms with van der Waals surface area (Å²) in [6, 6.07) is 9.20. The molecule has 2 aromatic rings. The van der Waals surface area contributed by atoms with Crippen molar-refractivity contribution in [3.63, 3.8) is 0 Å². The Morgan fingerprint density at radius 3 is 2.64 bits per heavy atom. The van der Waals surface area contributed by atoms with E-state index in [4.69, 9.17) is 0 Å². The second kappa shape index (κ2) is 8.23. The average Bonchev–Trinajstić information content (AvgIpc) is 3.39. The lowest BCUT2D eigenvalue weighted by Gasteiger charge is -2.19. The molecule has 1 saturated heterocycles. The Morgan fingerprint density at radius 1 is 1.04 bits per heavy atom. The molecule has 1 aromatic heterocycles. The highest BCUT2D eigenvalue weighted by Crippen LogP contribution is 2.29. The lowest BCUT2D eigenvalue weighted by Crippen LogP contribution is -2.28. The number of sulfonamides is 1. The van der Waals surface area contributed by atoms with Crippen LogP contribution in [0.5, 0.6) is 0 Å². The zero-order chi connectivity index (χ0) is 19.6. The van der Waals surface area contributed by atoms with Crippen LogP contribution in [0.25, 0.3) is 0 Å². The van der Waals surface area contributed by atoms with E-state index in [0.29, 0.717) is 23.8 Å². The van der Waals surface area contributed by atoms with Crippen molar-refractivity contribution < 1.29 is 13.2 Å². The van der Waals surface area contributed by atoms with Crippen LogP contribution in [0.3, 0.4) is 0 Å². The standard InChI is InChI=1S/C20H25N3O3S2/c24-20(22-18-9-5-7-15-6-1-2-8-17(15)18)21-14-16-10-11-19(27-16)28(25,26)23-12-3-4-13-23/h5,7,9-11H,1-4,6,8,12-14H2,(H2,21,22,24). The van der Waals surface area contributed by atoms with Crippen LogP contribution in [0, 0.1) is 0 Å². The van der Waals surface area contributed by atoms with Gasteiger partial charge in [-0.05, 0) is 67.9 Å². The predicted molar refractivity (Wildman–Crippen MR) is 111 cm³/mol. The van der Waals surface area contributed by atoms with E-state index in [1.165, 1.54) is 28.9 Å². The third-order valence-electron chi connectivity index (χ3n) is 5.36. The van der Waals surface area contributed by atoms with Gasteiger partial charge in [-0.2, -0.15) is 4.31 Å². The van der Waals surface area contributed by atoms with Gasteiger partial charge in [0.05, 0.1) is 6.54 Å². The molecule has 4 rings (SSSR count). The fourth-order valence-electron chi connectivity index (χ4n) is 3.88. The van der Waals surface area contributed by atoms with Gasteiger partial charge in [-0.3, -0.25) is 0 Å². The summed E-state index contributed by atoms with van der Waals surface area (Å²) >= 11 is 1.23. The summed E-state index contributed by atoms with van der Waals surface area (Å²) < 4.78 is 27.1. The minimum atomic E-state index is -3.39. The van der Waals surface area contributed by atoms with E-state index in [9.17, 15) is 13.2 Å². The Hall–Kier alpha value is -1.90. The van der Waals surface area contributed by atoms with E-state index in [1.54, 1.807) is 16.4 Å². The molecule has 8 heteroatoms. The lowest BCUT2D eigenvalue weighted by molar-refractivity contribution is 0.252. The number of fused-ring (bicyclic) bond motifs is 1. The Kier molecular flexibility index (Phi) is 5.70. The molecule has 0 saturated carbocycles. The van der Waals surface area contributed by atoms with Crippen LogP contribution in [-0.2, 0) is 29.4 Å². The molecule has 2 aliphatic rings. The second-order valence-corrected chi connectivity index (χ2v) is 10.6. The number of carbonyl (C=O) groups excluding carboxylic acids is 1.